The molecule has 1 aliphatic rings. The van der Waals surface area contributed by atoms with Crippen molar-refractivity contribution in [2.24, 2.45) is 0 Å². The van der Waals surface area contributed by atoms with Crippen LogP contribution in [0.3, 0.4) is 0 Å². The summed E-state index contributed by atoms with van der Waals surface area (Å²) in [6.07, 6.45) is 2.06. The van der Waals surface area contributed by atoms with Gasteiger partial charge in [-0.25, -0.2) is 0 Å². The van der Waals surface area contributed by atoms with Crippen molar-refractivity contribution in [2.45, 2.75) is 39.3 Å². The molecule has 128 valence electrons. The van der Waals surface area contributed by atoms with Gasteiger partial charge in [-0.3, -0.25) is 9.48 Å². The molecule has 1 aliphatic heterocycles. The van der Waals surface area contributed by atoms with Gasteiger partial charge in [0.1, 0.15) is 5.69 Å². The highest BCUT2D eigenvalue weighted by molar-refractivity contribution is 5.93. The lowest BCUT2D eigenvalue weighted by molar-refractivity contribution is 0.0723. The van der Waals surface area contributed by atoms with E-state index in [-0.39, 0.29) is 11.9 Å². The van der Waals surface area contributed by atoms with Crippen molar-refractivity contribution in [2.75, 3.05) is 25.5 Å². The van der Waals surface area contributed by atoms with E-state index < -0.39 is 0 Å². The molecule has 0 spiro atoms. The molecule has 0 radical (unpaired) electrons. The molecule has 3 rings (SSSR count). The fourth-order valence-corrected chi connectivity index (χ4v) is 3.47. The fourth-order valence-electron chi connectivity index (χ4n) is 3.47. The normalized spacial score (nSPS) is 17.3. The molecule has 1 aromatic carbocycles. The minimum Gasteiger partial charge on any atom is -0.378 e. The van der Waals surface area contributed by atoms with Crippen LogP contribution in [0.4, 0.5) is 5.69 Å². The summed E-state index contributed by atoms with van der Waals surface area (Å²) < 4.78 is 1.81. The molecular formula is C19H26N4O. The Morgan fingerprint density at radius 2 is 2.12 bits per heavy atom. The van der Waals surface area contributed by atoms with Gasteiger partial charge in [-0.1, -0.05) is 12.1 Å². The molecule has 1 amide bonds. The number of amides is 1. The van der Waals surface area contributed by atoms with Gasteiger partial charge in [-0.2, -0.15) is 5.10 Å². The predicted octanol–water partition coefficient (Wildman–Crippen LogP) is 3.25. The summed E-state index contributed by atoms with van der Waals surface area (Å²) in [5.74, 6) is 0.0928. The Hall–Kier alpha value is -2.30. The number of likely N-dealkylation sites (tertiary alicyclic amines) is 1. The van der Waals surface area contributed by atoms with Crippen LogP contribution in [0.5, 0.6) is 0 Å². The predicted molar refractivity (Wildman–Crippen MR) is 96.4 cm³/mol. The Morgan fingerprint density at radius 1 is 1.33 bits per heavy atom. The Bertz CT molecular complexity index is 735. The van der Waals surface area contributed by atoms with Crippen molar-refractivity contribution in [1.82, 2.24) is 14.7 Å². The van der Waals surface area contributed by atoms with E-state index in [1.165, 1.54) is 11.3 Å². The third-order valence-corrected chi connectivity index (χ3v) is 4.71. The number of aromatic nitrogens is 2. The first-order valence-electron chi connectivity index (χ1n) is 8.64. The van der Waals surface area contributed by atoms with E-state index >= 15 is 0 Å². The van der Waals surface area contributed by atoms with Gasteiger partial charge in [-0.15, -0.1) is 0 Å². The zero-order valence-electron chi connectivity index (χ0n) is 15.0. The van der Waals surface area contributed by atoms with Gasteiger partial charge in [-0.05, 0) is 50.5 Å². The number of nitrogens with zero attached hydrogens (tertiary/aromatic N) is 4. The quantitative estimate of drug-likeness (QED) is 0.866. The van der Waals surface area contributed by atoms with E-state index in [2.05, 4.69) is 34.3 Å². The van der Waals surface area contributed by atoms with Crippen LogP contribution in [-0.4, -0.2) is 41.2 Å². The molecule has 5 heteroatoms. The molecule has 1 aromatic heterocycles. The van der Waals surface area contributed by atoms with Gasteiger partial charge in [0.25, 0.3) is 5.91 Å². The van der Waals surface area contributed by atoms with Gasteiger partial charge < -0.3 is 9.80 Å². The van der Waals surface area contributed by atoms with E-state index in [0.29, 0.717) is 12.2 Å². The lowest BCUT2D eigenvalue weighted by Gasteiger charge is -2.26. The van der Waals surface area contributed by atoms with Gasteiger partial charge in [0.2, 0.25) is 0 Å². The van der Waals surface area contributed by atoms with E-state index in [0.717, 1.165) is 25.1 Å². The number of benzene rings is 1. The zero-order chi connectivity index (χ0) is 17.3. The van der Waals surface area contributed by atoms with Crippen LogP contribution in [0.2, 0.25) is 0 Å². The Morgan fingerprint density at radius 3 is 2.83 bits per heavy atom. The van der Waals surface area contributed by atoms with Crippen molar-refractivity contribution < 1.29 is 4.79 Å². The van der Waals surface area contributed by atoms with Crippen LogP contribution in [-0.2, 0) is 6.54 Å². The number of aryl methyl sites for hydroxylation is 2. The first-order valence-corrected chi connectivity index (χ1v) is 8.64. The van der Waals surface area contributed by atoms with Crippen molar-refractivity contribution in [3.05, 3.63) is 47.3 Å². The Labute approximate surface area is 143 Å². The maximum absolute atomic E-state index is 13.1. The van der Waals surface area contributed by atoms with Crippen LogP contribution in [0, 0.1) is 6.92 Å². The second kappa shape index (κ2) is 6.67. The zero-order valence-corrected chi connectivity index (χ0v) is 15.0. The van der Waals surface area contributed by atoms with Crippen LogP contribution >= 0.6 is 0 Å². The number of hydrogen-bond donors (Lipinski definition) is 0. The summed E-state index contributed by atoms with van der Waals surface area (Å²) in [6.45, 7) is 5.48. The highest BCUT2D eigenvalue weighted by atomic mass is 16.2. The molecule has 2 aromatic rings. The minimum absolute atomic E-state index is 0.0928. The Kier molecular flexibility index (Phi) is 4.60. The lowest BCUT2D eigenvalue weighted by atomic mass is 10.0. The van der Waals surface area contributed by atoms with Crippen LogP contribution in [0.25, 0.3) is 0 Å². The second-order valence-electron chi connectivity index (χ2n) is 6.63. The van der Waals surface area contributed by atoms with E-state index in [1.807, 2.05) is 43.6 Å². The first kappa shape index (κ1) is 16.6. The SMILES string of the molecule is CCn1nc(C)cc1C(=O)N1CCCC1c1cccc(N(C)C)c1. The van der Waals surface area contributed by atoms with Crippen LogP contribution in [0.15, 0.2) is 30.3 Å². The summed E-state index contributed by atoms with van der Waals surface area (Å²) in [6, 6.07) is 10.5. The third-order valence-electron chi connectivity index (χ3n) is 4.71. The number of carbonyl (C=O) groups is 1. The topological polar surface area (TPSA) is 41.4 Å². The summed E-state index contributed by atoms with van der Waals surface area (Å²) >= 11 is 0. The molecule has 1 atom stereocenters. The Balaban J connectivity index is 1.90. The first-order chi connectivity index (χ1) is 11.5. The molecule has 0 aliphatic carbocycles. The molecular weight excluding hydrogens is 300 g/mol. The molecule has 2 heterocycles. The standard InChI is InChI=1S/C19H26N4O/c1-5-23-18(12-14(2)20-23)19(24)22-11-7-10-17(22)15-8-6-9-16(13-15)21(3)4/h6,8-9,12-13,17H,5,7,10-11H2,1-4H3. The molecule has 24 heavy (non-hydrogen) atoms. The number of anilines is 1. The van der Waals surface area contributed by atoms with Crippen molar-refractivity contribution in [3.8, 4) is 0 Å². The van der Waals surface area contributed by atoms with E-state index in [1.54, 1.807) is 0 Å². The van der Waals surface area contributed by atoms with Crippen molar-refractivity contribution in [3.63, 3.8) is 0 Å². The molecule has 0 saturated carbocycles. The smallest absolute Gasteiger partial charge is 0.272 e. The summed E-state index contributed by atoms with van der Waals surface area (Å²) in [4.78, 5) is 17.2. The lowest BCUT2D eigenvalue weighted by Crippen LogP contribution is -2.32. The summed E-state index contributed by atoms with van der Waals surface area (Å²) in [5, 5.41) is 4.42. The highest BCUT2D eigenvalue weighted by Crippen LogP contribution is 2.34. The monoisotopic (exact) mass is 326 g/mol. The summed E-state index contributed by atoms with van der Waals surface area (Å²) in [5.41, 5.74) is 3.98. The maximum Gasteiger partial charge on any atom is 0.272 e. The maximum atomic E-state index is 13.1. The fraction of sp³-hybridized carbons (Fsp3) is 0.474. The number of hydrogen-bond acceptors (Lipinski definition) is 3. The van der Waals surface area contributed by atoms with Crippen molar-refractivity contribution in [1.29, 1.82) is 0 Å². The van der Waals surface area contributed by atoms with Gasteiger partial charge in [0, 0.05) is 32.9 Å². The van der Waals surface area contributed by atoms with E-state index in [9.17, 15) is 4.79 Å². The minimum atomic E-state index is 0.0928. The largest absolute Gasteiger partial charge is 0.378 e. The molecule has 5 nitrogen and oxygen atoms in total. The molecule has 0 bridgehead atoms. The third kappa shape index (κ3) is 3.03. The van der Waals surface area contributed by atoms with Crippen LogP contribution in [0.1, 0.15) is 47.6 Å². The van der Waals surface area contributed by atoms with Crippen LogP contribution < -0.4 is 4.90 Å². The number of carbonyl (C=O) groups excluding carboxylic acids is 1. The van der Waals surface area contributed by atoms with Crippen molar-refractivity contribution >= 4 is 11.6 Å². The van der Waals surface area contributed by atoms with Gasteiger partial charge >= 0.3 is 0 Å². The molecule has 1 fully saturated rings. The summed E-state index contributed by atoms with van der Waals surface area (Å²) in [7, 11) is 4.08. The number of rotatable bonds is 4. The average molecular weight is 326 g/mol. The highest BCUT2D eigenvalue weighted by Gasteiger charge is 2.32. The molecule has 1 saturated heterocycles. The van der Waals surface area contributed by atoms with Gasteiger partial charge in [0.15, 0.2) is 0 Å². The second-order valence-corrected chi connectivity index (χ2v) is 6.63. The van der Waals surface area contributed by atoms with Gasteiger partial charge in [0.05, 0.1) is 11.7 Å². The average Bonchev–Trinajstić information content (AvgIpc) is 3.20. The molecule has 0 N–H and O–H groups in total. The molecule has 1 unspecified atom stereocenters. The van der Waals surface area contributed by atoms with E-state index in [4.69, 9.17) is 0 Å².